The molecular weight excluding hydrogens is 403 g/mol. The Balaban J connectivity index is 2.03. The molecule has 4 N–H and O–H groups in total. The van der Waals surface area contributed by atoms with Gasteiger partial charge in [0.05, 0.1) is 5.25 Å². The molecule has 0 saturated heterocycles. The fourth-order valence-corrected chi connectivity index (χ4v) is 5.97. The maximum atomic E-state index is 12.5. The number of rotatable bonds is 8. The summed E-state index contributed by atoms with van der Waals surface area (Å²) in [5, 5.41) is 2.11. The van der Waals surface area contributed by atoms with E-state index in [-0.39, 0.29) is 17.6 Å². The first-order valence-corrected chi connectivity index (χ1v) is 12.7. The molecule has 0 aromatic heterocycles. The molecule has 158 valence electrons. The zero-order valence-corrected chi connectivity index (χ0v) is 17.9. The Bertz CT molecular complexity index is 813. The van der Waals surface area contributed by atoms with Crippen molar-refractivity contribution in [3.63, 3.8) is 0 Å². The van der Waals surface area contributed by atoms with Gasteiger partial charge in [0.2, 0.25) is 15.9 Å². The third kappa shape index (κ3) is 6.58. The summed E-state index contributed by atoms with van der Waals surface area (Å²) < 4.78 is 39.1. The second kappa shape index (κ2) is 9.39. The normalized spacial score (nSPS) is 17.3. The van der Waals surface area contributed by atoms with Crippen molar-refractivity contribution in [2.75, 3.05) is 10.0 Å². The Labute approximate surface area is 166 Å². The van der Waals surface area contributed by atoms with Gasteiger partial charge < -0.3 is 15.1 Å². The summed E-state index contributed by atoms with van der Waals surface area (Å²) in [5.41, 5.74) is -0.693. The molecule has 1 aromatic carbocycles. The van der Waals surface area contributed by atoms with Crippen molar-refractivity contribution in [2.24, 2.45) is 5.92 Å². The van der Waals surface area contributed by atoms with Crippen LogP contribution in [0.2, 0.25) is 0 Å². The number of hydrogen-bond acceptors (Lipinski definition) is 4. The van der Waals surface area contributed by atoms with Crippen molar-refractivity contribution in [1.82, 2.24) is 0 Å². The number of sulfonamides is 1. The fourth-order valence-electron chi connectivity index (χ4n) is 3.31. The van der Waals surface area contributed by atoms with Crippen molar-refractivity contribution < 1.29 is 27.6 Å². The van der Waals surface area contributed by atoms with E-state index in [2.05, 4.69) is 10.0 Å². The molecule has 0 radical (unpaired) electrons. The second-order valence-corrected chi connectivity index (χ2v) is 11.5. The van der Waals surface area contributed by atoms with Crippen LogP contribution in [-0.2, 0) is 19.4 Å². The number of amides is 1. The Morgan fingerprint density at radius 2 is 1.64 bits per heavy atom. The van der Waals surface area contributed by atoms with Crippen molar-refractivity contribution in [1.29, 1.82) is 0 Å². The molecule has 1 fully saturated rings. The molecule has 8 nitrogen and oxygen atoms in total. The van der Waals surface area contributed by atoms with E-state index in [1.54, 1.807) is 13.8 Å². The van der Waals surface area contributed by atoms with Crippen LogP contribution in [-0.4, -0.2) is 35.0 Å². The van der Waals surface area contributed by atoms with Crippen molar-refractivity contribution in [3.05, 3.63) is 24.3 Å². The molecule has 1 unspecified atom stereocenters. The molecule has 0 spiro atoms. The van der Waals surface area contributed by atoms with Crippen LogP contribution in [0.15, 0.2) is 24.3 Å². The molecular formula is C18H29N2O6PS. The average Bonchev–Trinajstić information content (AvgIpc) is 2.61. The molecule has 1 aliphatic carbocycles. The van der Waals surface area contributed by atoms with Gasteiger partial charge in [0.1, 0.15) is 5.66 Å². The summed E-state index contributed by atoms with van der Waals surface area (Å²) in [6.45, 7) is 3.56. The summed E-state index contributed by atoms with van der Waals surface area (Å²) in [7, 11) is -8.04. The number of anilines is 2. The van der Waals surface area contributed by atoms with Crippen LogP contribution in [0.3, 0.4) is 0 Å². The average molecular weight is 432 g/mol. The molecule has 0 heterocycles. The predicted octanol–water partition coefficient (Wildman–Crippen LogP) is 3.29. The smallest absolute Gasteiger partial charge is 0.325 e. The SMILES string of the molecule is CC(C)CC(C(=O)Nc1ccc(NS(=O)(=O)C2CCCCC2)cc1)P(=O)(O)O. The van der Waals surface area contributed by atoms with E-state index < -0.39 is 29.2 Å². The maximum absolute atomic E-state index is 12.5. The molecule has 0 aliphatic heterocycles. The number of nitrogens with one attached hydrogen (secondary N) is 2. The first-order valence-electron chi connectivity index (χ1n) is 9.47. The minimum atomic E-state index is -4.58. The third-order valence-electron chi connectivity index (χ3n) is 4.81. The molecule has 10 heteroatoms. The summed E-state index contributed by atoms with van der Waals surface area (Å²) in [6, 6.07) is 6.04. The molecule has 1 amide bonds. The van der Waals surface area contributed by atoms with Gasteiger partial charge in [-0.25, -0.2) is 8.42 Å². The van der Waals surface area contributed by atoms with Gasteiger partial charge in [-0.15, -0.1) is 0 Å². The van der Waals surface area contributed by atoms with Gasteiger partial charge in [-0.2, -0.15) is 0 Å². The highest BCUT2D eigenvalue weighted by molar-refractivity contribution is 7.93. The zero-order valence-electron chi connectivity index (χ0n) is 16.2. The van der Waals surface area contributed by atoms with Gasteiger partial charge in [0, 0.05) is 11.4 Å². The van der Waals surface area contributed by atoms with E-state index in [1.165, 1.54) is 24.3 Å². The monoisotopic (exact) mass is 432 g/mol. The highest BCUT2D eigenvalue weighted by Crippen LogP contribution is 2.44. The van der Waals surface area contributed by atoms with Crippen molar-refractivity contribution in [2.45, 2.75) is 63.3 Å². The molecule has 1 saturated carbocycles. The highest BCUT2D eigenvalue weighted by atomic mass is 32.2. The largest absolute Gasteiger partial charge is 0.337 e. The van der Waals surface area contributed by atoms with Crippen LogP contribution >= 0.6 is 7.60 Å². The highest BCUT2D eigenvalue weighted by Gasteiger charge is 2.36. The van der Waals surface area contributed by atoms with Gasteiger partial charge in [-0.3, -0.25) is 14.1 Å². The van der Waals surface area contributed by atoms with Gasteiger partial charge >= 0.3 is 7.60 Å². The van der Waals surface area contributed by atoms with Crippen LogP contribution in [0.4, 0.5) is 11.4 Å². The molecule has 0 bridgehead atoms. The molecule has 28 heavy (non-hydrogen) atoms. The quantitative estimate of drug-likeness (QED) is 0.466. The minimum Gasteiger partial charge on any atom is -0.325 e. The van der Waals surface area contributed by atoms with Crippen LogP contribution in [0, 0.1) is 5.92 Å². The van der Waals surface area contributed by atoms with E-state index in [9.17, 15) is 27.6 Å². The maximum Gasteiger partial charge on any atom is 0.337 e. The molecule has 1 aliphatic rings. The Morgan fingerprint density at radius 3 is 2.14 bits per heavy atom. The number of carbonyl (C=O) groups is 1. The van der Waals surface area contributed by atoms with Crippen LogP contribution in [0.1, 0.15) is 52.4 Å². The predicted molar refractivity (Wildman–Crippen MR) is 110 cm³/mol. The third-order valence-corrected chi connectivity index (χ3v) is 7.93. The first kappa shape index (κ1) is 22.9. The van der Waals surface area contributed by atoms with Gasteiger partial charge in [-0.05, 0) is 49.4 Å². The van der Waals surface area contributed by atoms with E-state index in [1.807, 2.05) is 0 Å². The number of carbonyl (C=O) groups excluding carboxylic acids is 1. The standard InChI is InChI=1S/C18H29N2O6PS/c1-13(2)12-17(27(22,23)24)18(21)19-14-8-10-15(11-9-14)20-28(25,26)16-6-4-3-5-7-16/h8-11,13,16-17,20H,3-7,12H2,1-2H3,(H,19,21)(H2,22,23,24). The van der Waals surface area contributed by atoms with E-state index in [4.69, 9.17) is 0 Å². The van der Waals surface area contributed by atoms with Crippen molar-refractivity contribution in [3.8, 4) is 0 Å². The van der Waals surface area contributed by atoms with E-state index >= 15 is 0 Å². The summed E-state index contributed by atoms with van der Waals surface area (Å²) in [6.07, 6.45) is 4.26. The number of benzene rings is 1. The summed E-state index contributed by atoms with van der Waals surface area (Å²) in [5.74, 6) is -0.808. The lowest BCUT2D eigenvalue weighted by Gasteiger charge is -2.22. The van der Waals surface area contributed by atoms with Gasteiger partial charge in [-0.1, -0.05) is 33.1 Å². The van der Waals surface area contributed by atoms with Crippen LogP contribution < -0.4 is 10.0 Å². The Hall–Kier alpha value is -1.41. The molecule has 1 atom stereocenters. The first-order chi connectivity index (χ1) is 13.0. The molecule has 2 rings (SSSR count). The van der Waals surface area contributed by atoms with E-state index in [0.717, 1.165) is 19.3 Å². The minimum absolute atomic E-state index is 0.0556. The lowest BCUT2D eigenvalue weighted by molar-refractivity contribution is -0.116. The van der Waals surface area contributed by atoms with Crippen molar-refractivity contribution >= 4 is 34.9 Å². The fraction of sp³-hybridized carbons (Fsp3) is 0.611. The summed E-state index contributed by atoms with van der Waals surface area (Å²) >= 11 is 0. The van der Waals surface area contributed by atoms with Crippen LogP contribution in [0.25, 0.3) is 0 Å². The lowest BCUT2D eigenvalue weighted by Crippen LogP contribution is -2.30. The lowest BCUT2D eigenvalue weighted by atomic mass is 10.0. The van der Waals surface area contributed by atoms with E-state index in [0.29, 0.717) is 24.2 Å². The van der Waals surface area contributed by atoms with Gasteiger partial charge in [0.25, 0.3) is 0 Å². The zero-order chi connectivity index (χ0) is 20.9. The molecule has 1 aromatic rings. The second-order valence-electron chi connectivity index (χ2n) is 7.71. The topological polar surface area (TPSA) is 133 Å². The Morgan fingerprint density at radius 1 is 1.11 bits per heavy atom. The van der Waals surface area contributed by atoms with Crippen LogP contribution in [0.5, 0.6) is 0 Å². The summed E-state index contributed by atoms with van der Waals surface area (Å²) in [4.78, 5) is 31.2. The Kier molecular flexibility index (Phi) is 7.67. The number of hydrogen-bond donors (Lipinski definition) is 4. The van der Waals surface area contributed by atoms with Gasteiger partial charge in [0.15, 0.2) is 0 Å².